The van der Waals surface area contributed by atoms with E-state index in [1.165, 1.54) is 44.9 Å². The molecule has 0 spiro atoms. The lowest BCUT2D eigenvalue weighted by molar-refractivity contribution is -0.171. The highest BCUT2D eigenvalue weighted by Gasteiger charge is 2.59. The van der Waals surface area contributed by atoms with Crippen molar-refractivity contribution in [3.8, 4) is 6.07 Å². The molecule has 1 aromatic rings. The van der Waals surface area contributed by atoms with Crippen molar-refractivity contribution in [1.82, 2.24) is 9.78 Å². The highest BCUT2D eigenvalue weighted by Crippen LogP contribution is 2.64. The number of aliphatic hydroxyl groups is 2. The third-order valence-electron chi connectivity index (χ3n) is 11.1. The molecule has 2 N–H and O–H groups in total. The highest BCUT2D eigenvalue weighted by molar-refractivity contribution is 5.21. The lowest BCUT2D eigenvalue weighted by Crippen LogP contribution is -2.58. The number of aromatic nitrogens is 2. The van der Waals surface area contributed by atoms with Crippen LogP contribution in [0.2, 0.25) is 0 Å². The molecule has 0 aliphatic heterocycles. The van der Waals surface area contributed by atoms with Crippen molar-refractivity contribution in [1.29, 1.82) is 5.26 Å². The number of fused-ring (bicyclic) bond motifs is 5. The average molecular weight is 468 g/mol. The predicted molar refractivity (Wildman–Crippen MR) is 133 cm³/mol. The van der Waals surface area contributed by atoms with Crippen molar-refractivity contribution >= 4 is 0 Å². The summed E-state index contributed by atoms with van der Waals surface area (Å²) in [5.41, 5.74) is -0.520. The molecule has 1 aromatic heterocycles. The van der Waals surface area contributed by atoms with Gasteiger partial charge in [-0.1, -0.05) is 26.7 Å². The molecule has 0 saturated heterocycles. The third kappa shape index (κ3) is 4.13. The smallest absolute Gasteiger partial charge is 0.102 e. The summed E-state index contributed by atoms with van der Waals surface area (Å²) in [6.45, 7) is 7.16. The van der Waals surface area contributed by atoms with Gasteiger partial charge in [0.15, 0.2) is 0 Å². The largest absolute Gasteiger partial charge is 0.390 e. The van der Waals surface area contributed by atoms with Crippen molar-refractivity contribution in [3.63, 3.8) is 0 Å². The molecular formula is C29H45N3O2. The molecule has 9 atom stereocenters. The molecule has 0 amide bonds. The maximum atomic E-state index is 11.8. The van der Waals surface area contributed by atoms with Crippen molar-refractivity contribution in [2.45, 2.75) is 116 Å². The van der Waals surface area contributed by atoms with Gasteiger partial charge in [-0.15, -0.1) is 0 Å². The molecule has 0 aromatic carbocycles. The fraction of sp³-hybridized carbons (Fsp3) is 0.862. The highest BCUT2D eigenvalue weighted by atomic mass is 16.3. The Balaban J connectivity index is 1.33. The molecule has 4 aliphatic carbocycles. The minimum Gasteiger partial charge on any atom is -0.390 e. The Hall–Kier alpha value is -1.38. The zero-order valence-corrected chi connectivity index (χ0v) is 21.5. The van der Waals surface area contributed by atoms with E-state index in [0.29, 0.717) is 23.9 Å². The van der Waals surface area contributed by atoms with Crippen LogP contribution in [-0.4, -0.2) is 31.2 Å². The second-order valence-electron chi connectivity index (χ2n) is 13.1. The summed E-state index contributed by atoms with van der Waals surface area (Å²) in [6.07, 6.45) is 17.3. The van der Waals surface area contributed by atoms with Gasteiger partial charge in [0, 0.05) is 6.20 Å². The van der Waals surface area contributed by atoms with Crippen molar-refractivity contribution < 1.29 is 10.2 Å². The Morgan fingerprint density at radius 1 is 1.15 bits per heavy atom. The van der Waals surface area contributed by atoms with Crippen molar-refractivity contribution in [3.05, 3.63) is 18.0 Å². The van der Waals surface area contributed by atoms with Gasteiger partial charge in [0.25, 0.3) is 0 Å². The quantitative estimate of drug-likeness (QED) is 0.582. The van der Waals surface area contributed by atoms with Gasteiger partial charge in [-0.25, -0.2) is 0 Å². The second-order valence-corrected chi connectivity index (χ2v) is 13.1. The summed E-state index contributed by atoms with van der Waals surface area (Å²) in [5, 5.41) is 36.4. The zero-order valence-electron chi connectivity index (χ0n) is 21.5. The summed E-state index contributed by atoms with van der Waals surface area (Å²) >= 11 is 0. The molecular weight excluding hydrogens is 422 g/mol. The summed E-state index contributed by atoms with van der Waals surface area (Å²) in [7, 11) is 0. The lowest BCUT2D eigenvalue weighted by Gasteiger charge is -2.62. The van der Waals surface area contributed by atoms with Gasteiger partial charge < -0.3 is 10.2 Å². The first-order valence-electron chi connectivity index (χ1n) is 14.1. The molecule has 5 nitrogen and oxygen atoms in total. The number of rotatable bonds is 5. The predicted octanol–water partition coefficient (Wildman–Crippen LogP) is 5.70. The molecule has 0 bridgehead atoms. The molecule has 5 heteroatoms. The average Bonchev–Trinajstić information content (AvgIpc) is 3.24. The van der Waals surface area contributed by atoms with Crippen molar-refractivity contribution in [2.24, 2.45) is 40.9 Å². The Bertz CT molecular complexity index is 919. The van der Waals surface area contributed by atoms with Gasteiger partial charge in [-0.2, -0.15) is 10.4 Å². The Morgan fingerprint density at radius 3 is 2.68 bits per heavy atom. The number of hydrogen-bond acceptors (Lipinski definition) is 4. The van der Waals surface area contributed by atoms with Crippen LogP contribution in [0.15, 0.2) is 12.4 Å². The fourth-order valence-electron chi connectivity index (χ4n) is 9.82. The molecule has 4 fully saturated rings. The zero-order chi connectivity index (χ0) is 24.1. The van der Waals surface area contributed by atoms with E-state index in [1.807, 2.05) is 6.92 Å². The van der Waals surface area contributed by atoms with Crippen LogP contribution in [-0.2, 0) is 6.54 Å². The number of nitriles is 1. The normalized spacial score (nSPS) is 43.6. The molecule has 4 aliphatic rings. The summed E-state index contributed by atoms with van der Waals surface area (Å²) in [4.78, 5) is 0. The first-order chi connectivity index (χ1) is 16.2. The van der Waals surface area contributed by atoms with Gasteiger partial charge in [0.2, 0.25) is 0 Å². The van der Waals surface area contributed by atoms with Gasteiger partial charge in [0.05, 0.1) is 29.5 Å². The molecule has 1 unspecified atom stereocenters. The molecule has 1 heterocycles. The summed E-state index contributed by atoms with van der Waals surface area (Å²) in [5.74, 6) is 4.07. The van der Waals surface area contributed by atoms with Crippen LogP contribution in [0, 0.1) is 52.3 Å². The first-order valence-corrected chi connectivity index (χ1v) is 14.1. The van der Waals surface area contributed by atoms with Crippen LogP contribution in [0.4, 0.5) is 0 Å². The van der Waals surface area contributed by atoms with E-state index < -0.39 is 11.2 Å². The van der Waals surface area contributed by atoms with Crippen LogP contribution >= 0.6 is 0 Å². The van der Waals surface area contributed by atoms with Crippen LogP contribution in [0.5, 0.6) is 0 Å². The van der Waals surface area contributed by atoms with E-state index >= 15 is 0 Å². The summed E-state index contributed by atoms with van der Waals surface area (Å²) < 4.78 is 1.77. The molecule has 188 valence electrons. The molecule has 4 saturated carbocycles. The Morgan fingerprint density at radius 2 is 1.94 bits per heavy atom. The minimum atomic E-state index is -0.836. The summed E-state index contributed by atoms with van der Waals surface area (Å²) in [6, 6.07) is 2.15. The van der Waals surface area contributed by atoms with E-state index in [0.717, 1.165) is 49.9 Å². The minimum absolute atomic E-state index is 0.165. The van der Waals surface area contributed by atoms with Gasteiger partial charge in [0.1, 0.15) is 6.07 Å². The van der Waals surface area contributed by atoms with E-state index in [1.54, 1.807) is 17.1 Å². The molecule has 34 heavy (non-hydrogen) atoms. The van der Waals surface area contributed by atoms with Crippen LogP contribution in [0.3, 0.4) is 0 Å². The maximum absolute atomic E-state index is 11.8. The van der Waals surface area contributed by atoms with Gasteiger partial charge >= 0.3 is 0 Å². The third-order valence-corrected chi connectivity index (χ3v) is 11.1. The topological polar surface area (TPSA) is 82.1 Å². The number of hydrogen-bond donors (Lipinski definition) is 2. The standard InChI is InChI=1S/C29H45N3O2/c1-4-12-29(34)14-11-22-21(15-29)8-9-24-23(22)10-13-27(2)25(24)6-5-7-26(27)28(3,33)19-32-18-20(16-30)17-31-32/h17-18,21-26,33-34H,4-15,19H2,1-3H3/t21-,22-,23+,24+,25-,26-,27-,28?,29+/m0/s1. The molecule has 0 radical (unpaired) electrons. The van der Waals surface area contributed by atoms with Crippen molar-refractivity contribution in [2.75, 3.05) is 0 Å². The lowest BCUT2D eigenvalue weighted by atomic mass is 9.43. The Kier molecular flexibility index (Phi) is 6.39. The fourth-order valence-corrected chi connectivity index (χ4v) is 9.82. The SMILES string of the molecule is CCC[C@@]1(O)CC[C@H]2[C@@H](CC[C@@H]3[C@@H]2CC[C@]2(C)[C@@H](C(C)(O)Cn4cc(C#N)cn4)CCC[C@@H]32)C1. The number of nitrogens with zero attached hydrogens (tertiary/aromatic N) is 3. The van der Waals surface area contributed by atoms with E-state index in [-0.39, 0.29) is 11.3 Å². The first kappa shape index (κ1) is 24.3. The van der Waals surface area contributed by atoms with E-state index in [2.05, 4.69) is 25.0 Å². The van der Waals surface area contributed by atoms with Gasteiger partial charge in [-0.05, 0) is 112 Å². The van der Waals surface area contributed by atoms with Crippen LogP contribution in [0.1, 0.15) is 103 Å². The van der Waals surface area contributed by atoms with Gasteiger partial charge in [-0.3, -0.25) is 4.68 Å². The van der Waals surface area contributed by atoms with Crippen LogP contribution < -0.4 is 0 Å². The molecule has 5 rings (SSSR count). The Labute approximate surface area is 205 Å². The van der Waals surface area contributed by atoms with Crippen LogP contribution in [0.25, 0.3) is 0 Å². The van der Waals surface area contributed by atoms with E-state index in [9.17, 15) is 10.2 Å². The maximum Gasteiger partial charge on any atom is 0.102 e. The second kappa shape index (κ2) is 8.93. The van der Waals surface area contributed by atoms with E-state index in [4.69, 9.17) is 5.26 Å². The monoisotopic (exact) mass is 467 g/mol.